The average molecular weight is 472 g/mol. The number of rotatable bonds is 21. The molecule has 0 spiro atoms. The Morgan fingerprint density at radius 1 is 0.667 bits per heavy atom. The maximum atomic E-state index is 12.4. The molecule has 0 aliphatic rings. The van der Waals surface area contributed by atoms with Crippen LogP contribution in [-0.4, -0.2) is 69.3 Å². The maximum absolute atomic E-state index is 12.4. The minimum atomic E-state index is -0.613. The Kier molecular flexibility index (Phi) is 18.8. The van der Waals surface area contributed by atoms with E-state index in [2.05, 4.69) is 19.2 Å². The van der Waals surface area contributed by atoms with Gasteiger partial charge in [0.05, 0.1) is 47.2 Å². The van der Waals surface area contributed by atoms with Gasteiger partial charge in [-0.2, -0.15) is 0 Å². The largest absolute Gasteiger partial charge is 0.466 e. The summed E-state index contributed by atoms with van der Waals surface area (Å²) in [6, 6.07) is -0.613. The Hall–Kier alpha value is -1.63. The van der Waals surface area contributed by atoms with E-state index in [4.69, 9.17) is 9.47 Å². The van der Waals surface area contributed by atoms with Crippen molar-refractivity contribution < 1.29 is 28.3 Å². The van der Waals surface area contributed by atoms with Crippen LogP contribution in [0, 0.1) is 0 Å². The summed E-state index contributed by atoms with van der Waals surface area (Å²) in [6.07, 6.45) is 13.4. The smallest absolute Gasteiger partial charge is 0.307 e. The number of hydrogen-bond donors (Lipinski definition) is 1. The van der Waals surface area contributed by atoms with Gasteiger partial charge in [0.15, 0.2) is 6.54 Å². The number of esters is 2. The zero-order valence-corrected chi connectivity index (χ0v) is 22.1. The highest BCUT2D eigenvalue weighted by atomic mass is 16.5. The lowest BCUT2D eigenvalue weighted by Crippen LogP contribution is -2.48. The van der Waals surface area contributed by atoms with Crippen LogP contribution in [0.15, 0.2) is 0 Å². The van der Waals surface area contributed by atoms with Crippen molar-refractivity contribution in [2.45, 2.75) is 110 Å². The van der Waals surface area contributed by atoms with Crippen LogP contribution in [0.2, 0.25) is 0 Å². The highest BCUT2D eigenvalue weighted by Crippen LogP contribution is 2.09. The summed E-state index contributed by atoms with van der Waals surface area (Å²) in [5.74, 6) is -0.968. The molecule has 1 unspecified atom stereocenters. The van der Waals surface area contributed by atoms with Gasteiger partial charge in [-0.3, -0.25) is 14.4 Å². The van der Waals surface area contributed by atoms with E-state index in [1.165, 1.54) is 38.5 Å². The first-order chi connectivity index (χ1) is 15.7. The van der Waals surface area contributed by atoms with E-state index in [0.29, 0.717) is 17.7 Å². The molecule has 0 aromatic carbocycles. The van der Waals surface area contributed by atoms with Gasteiger partial charge >= 0.3 is 11.9 Å². The van der Waals surface area contributed by atoms with Gasteiger partial charge in [-0.15, -0.1) is 0 Å². The lowest BCUT2D eigenvalue weighted by molar-refractivity contribution is -0.862. The third kappa shape index (κ3) is 22.0. The second kappa shape index (κ2) is 19.8. The first-order valence-electron chi connectivity index (χ1n) is 13.1. The first kappa shape index (κ1) is 31.4. The summed E-state index contributed by atoms with van der Waals surface area (Å²) in [7, 11) is 5.74. The molecule has 0 saturated heterocycles. The molecule has 0 aromatic rings. The van der Waals surface area contributed by atoms with Crippen molar-refractivity contribution in [1.82, 2.24) is 5.32 Å². The van der Waals surface area contributed by atoms with Crippen molar-refractivity contribution in [3.63, 3.8) is 0 Å². The number of carbonyl (C=O) groups is 3. The van der Waals surface area contributed by atoms with E-state index in [-0.39, 0.29) is 37.2 Å². The van der Waals surface area contributed by atoms with E-state index in [0.717, 1.165) is 38.5 Å². The van der Waals surface area contributed by atoms with Crippen LogP contribution in [0.25, 0.3) is 0 Å². The number of nitrogens with zero attached hydrogens (tertiary/aromatic N) is 1. The molecule has 0 saturated carbocycles. The molecule has 1 N–H and O–H groups in total. The van der Waals surface area contributed by atoms with Crippen LogP contribution in [0.4, 0.5) is 0 Å². The molecule has 194 valence electrons. The SMILES string of the molecule is CCCCCCCCCOC(=O)CC(CC(=O)OCCCCCCC)NC(=O)C[N+](C)(C)C. The monoisotopic (exact) mass is 471 g/mol. The van der Waals surface area contributed by atoms with Gasteiger partial charge in [0.25, 0.3) is 5.91 Å². The number of amides is 1. The van der Waals surface area contributed by atoms with E-state index in [1.54, 1.807) is 0 Å². The minimum Gasteiger partial charge on any atom is -0.466 e. The fourth-order valence-electron chi connectivity index (χ4n) is 3.54. The third-order valence-electron chi connectivity index (χ3n) is 5.33. The van der Waals surface area contributed by atoms with Gasteiger partial charge in [0.1, 0.15) is 0 Å². The predicted molar refractivity (Wildman–Crippen MR) is 133 cm³/mol. The number of nitrogens with one attached hydrogen (secondary N) is 1. The number of likely N-dealkylation sites (N-methyl/N-ethyl adjacent to an activating group) is 1. The van der Waals surface area contributed by atoms with Crippen LogP contribution >= 0.6 is 0 Å². The van der Waals surface area contributed by atoms with Gasteiger partial charge in [-0.1, -0.05) is 78.1 Å². The van der Waals surface area contributed by atoms with Crippen molar-refractivity contribution in [1.29, 1.82) is 0 Å². The molecule has 33 heavy (non-hydrogen) atoms. The van der Waals surface area contributed by atoms with E-state index < -0.39 is 6.04 Å². The van der Waals surface area contributed by atoms with Gasteiger partial charge in [-0.25, -0.2) is 0 Å². The van der Waals surface area contributed by atoms with Gasteiger partial charge in [0.2, 0.25) is 0 Å². The molecule has 0 radical (unpaired) electrons. The Balaban J connectivity index is 4.42. The molecule has 0 fully saturated rings. The fraction of sp³-hybridized carbons (Fsp3) is 0.885. The van der Waals surface area contributed by atoms with E-state index in [1.807, 2.05) is 21.1 Å². The van der Waals surface area contributed by atoms with Crippen molar-refractivity contribution in [2.75, 3.05) is 40.9 Å². The maximum Gasteiger partial charge on any atom is 0.307 e. The van der Waals surface area contributed by atoms with Crippen molar-refractivity contribution in [3.8, 4) is 0 Å². The quantitative estimate of drug-likeness (QED) is 0.148. The first-order valence-corrected chi connectivity index (χ1v) is 13.1. The topological polar surface area (TPSA) is 81.7 Å². The van der Waals surface area contributed by atoms with Crippen molar-refractivity contribution in [3.05, 3.63) is 0 Å². The minimum absolute atomic E-state index is 0.0228. The summed E-state index contributed by atoms with van der Waals surface area (Å²) < 4.78 is 11.1. The number of unbranched alkanes of at least 4 members (excludes halogenated alkanes) is 10. The Morgan fingerprint density at radius 3 is 1.45 bits per heavy atom. The van der Waals surface area contributed by atoms with Crippen LogP contribution < -0.4 is 5.32 Å². The average Bonchev–Trinajstić information content (AvgIpc) is 2.71. The Bertz CT molecular complexity index is 531. The molecule has 0 heterocycles. The Labute approximate surface area is 202 Å². The van der Waals surface area contributed by atoms with Gasteiger partial charge in [-0.05, 0) is 12.8 Å². The lowest BCUT2D eigenvalue weighted by Gasteiger charge is -2.25. The normalized spacial score (nSPS) is 12.3. The second-order valence-electron chi connectivity index (χ2n) is 10.1. The molecule has 1 atom stereocenters. The molecule has 7 nitrogen and oxygen atoms in total. The van der Waals surface area contributed by atoms with E-state index >= 15 is 0 Å². The summed E-state index contributed by atoms with van der Waals surface area (Å²) in [5.41, 5.74) is 0. The molecule has 0 aliphatic heterocycles. The summed E-state index contributed by atoms with van der Waals surface area (Å²) in [6.45, 7) is 5.38. The molecule has 0 bridgehead atoms. The molecule has 0 aromatic heterocycles. The van der Waals surface area contributed by atoms with Gasteiger partial charge < -0.3 is 19.3 Å². The van der Waals surface area contributed by atoms with Crippen LogP contribution in [0.3, 0.4) is 0 Å². The molecular formula is C26H51N2O5+. The number of hydrogen-bond acceptors (Lipinski definition) is 5. The zero-order chi connectivity index (χ0) is 25.0. The van der Waals surface area contributed by atoms with E-state index in [9.17, 15) is 14.4 Å². The summed E-state index contributed by atoms with van der Waals surface area (Å²) in [4.78, 5) is 36.9. The summed E-state index contributed by atoms with van der Waals surface area (Å²) >= 11 is 0. The molecule has 7 heteroatoms. The number of quaternary nitrogens is 1. The molecule has 1 amide bonds. The highest BCUT2D eigenvalue weighted by molar-refractivity contribution is 5.80. The Morgan fingerprint density at radius 2 is 1.06 bits per heavy atom. The van der Waals surface area contributed by atoms with Crippen molar-refractivity contribution in [2.24, 2.45) is 0 Å². The fourth-order valence-corrected chi connectivity index (χ4v) is 3.54. The number of ether oxygens (including phenoxy) is 2. The standard InChI is InChI=1S/C26H50N2O5/c1-6-8-10-12-13-15-17-19-33-26(31)21-23(27-24(29)22-28(3,4)5)20-25(30)32-18-16-14-11-9-7-2/h23H,6-22H2,1-5H3/p+1. The molecule has 0 aliphatic carbocycles. The molecule has 0 rings (SSSR count). The van der Waals surface area contributed by atoms with Crippen LogP contribution in [0.5, 0.6) is 0 Å². The third-order valence-corrected chi connectivity index (χ3v) is 5.33. The van der Waals surface area contributed by atoms with Crippen LogP contribution in [0.1, 0.15) is 104 Å². The number of carbonyl (C=O) groups excluding carboxylic acids is 3. The molecular weight excluding hydrogens is 420 g/mol. The second-order valence-corrected chi connectivity index (χ2v) is 10.1. The summed E-state index contributed by atoms with van der Waals surface area (Å²) in [5, 5.41) is 2.83. The predicted octanol–water partition coefficient (Wildman–Crippen LogP) is 4.77. The lowest BCUT2D eigenvalue weighted by atomic mass is 10.1. The highest BCUT2D eigenvalue weighted by Gasteiger charge is 2.24. The van der Waals surface area contributed by atoms with Crippen LogP contribution in [-0.2, 0) is 23.9 Å². The zero-order valence-electron chi connectivity index (χ0n) is 22.1. The van der Waals surface area contributed by atoms with Gasteiger partial charge in [0, 0.05) is 6.04 Å². The van der Waals surface area contributed by atoms with Crippen molar-refractivity contribution >= 4 is 17.8 Å².